The molecule has 2 fully saturated rings. The quantitative estimate of drug-likeness (QED) is 0.0266. The van der Waals surface area contributed by atoms with Crippen molar-refractivity contribution in [3.05, 3.63) is 77.9 Å². The number of carboxylic acid groups (broad SMARTS) is 2. The standard InChI is InChI=1S/C50H69N13O12/c1-4-28(2)40(46(70)59-35(25-30-26-54-27-56-30)48(72)63-23-11-18-38(63)45(69)60-36(49(73)74)24-29-12-6-5-7-13-29)61-42(66)31-14-8-15-33(41(31)75-3)57-44(68)37-17-10-22-62(37)47(71)34(16-9-21-55-50(52)53)58-43(67)32(51)19-20-39(64)65/h5-8,12-15,26-28,32,34-38,40H,4,9-11,16-25,51H2,1-3H3,(H,54,56)(H,57,68)(H,58,67)(H,59,70)(H,60,69)(H,61,66)(H,64,65)(H,73,74)(H4,52,53,55)/t28-,32-,34-,35-,36-,37-,38-,40-/m0/s1. The summed E-state index contributed by atoms with van der Waals surface area (Å²) in [5, 5.41) is 32.6. The van der Waals surface area contributed by atoms with E-state index in [1.807, 2.05) is 6.92 Å². The molecule has 2 saturated heterocycles. The van der Waals surface area contributed by atoms with Gasteiger partial charge in [-0.15, -0.1) is 0 Å². The molecule has 14 N–H and O–H groups in total. The molecule has 2 aliphatic rings. The van der Waals surface area contributed by atoms with Crippen LogP contribution in [-0.2, 0) is 51.2 Å². The Balaban J connectivity index is 1.31. The zero-order valence-corrected chi connectivity index (χ0v) is 42.3. The van der Waals surface area contributed by atoms with Gasteiger partial charge in [-0.05, 0) is 68.6 Å². The van der Waals surface area contributed by atoms with Crippen LogP contribution in [-0.4, -0.2) is 158 Å². The number of nitrogens with zero attached hydrogens (tertiary/aromatic N) is 4. The maximum Gasteiger partial charge on any atom is 0.326 e. The SMILES string of the molecule is CC[C@H](C)[C@H](NC(=O)c1cccc(NC(=O)[C@@H]2CCCN2C(=O)[C@H](CCCN=C(N)N)NC(=O)[C@@H](N)CCC(=O)O)c1OC)C(=O)N[C@@H](Cc1cnc[nH]1)C(=O)N1CCC[C@H]1C(=O)N[C@@H](Cc1ccccc1)C(=O)O. The summed E-state index contributed by atoms with van der Waals surface area (Å²) in [4.78, 5) is 135. The summed E-state index contributed by atoms with van der Waals surface area (Å²) in [5.41, 5.74) is 18.0. The van der Waals surface area contributed by atoms with Gasteiger partial charge in [0.1, 0.15) is 36.3 Å². The fourth-order valence-electron chi connectivity index (χ4n) is 9.02. The average molecular weight is 1040 g/mol. The molecule has 0 spiro atoms. The number of ether oxygens (including phenoxy) is 1. The van der Waals surface area contributed by atoms with Gasteiger partial charge in [-0.1, -0.05) is 56.7 Å². The number of nitrogens with two attached hydrogens (primary N) is 3. The highest BCUT2D eigenvalue weighted by Gasteiger charge is 2.41. The number of likely N-dealkylation sites (tertiary alicyclic amines) is 2. The molecule has 0 aliphatic carbocycles. The van der Waals surface area contributed by atoms with Gasteiger partial charge in [0.15, 0.2) is 11.7 Å². The minimum absolute atomic E-state index is 0.0166. The van der Waals surface area contributed by atoms with E-state index in [2.05, 4.69) is 41.5 Å². The van der Waals surface area contributed by atoms with Crippen LogP contribution in [0.5, 0.6) is 5.75 Å². The van der Waals surface area contributed by atoms with Crippen molar-refractivity contribution in [1.82, 2.24) is 41.0 Å². The topological polar surface area (TPSA) is 389 Å². The number of carboxylic acids is 2. The molecule has 2 aromatic carbocycles. The normalized spacial score (nSPS) is 17.5. The number of aromatic amines is 1. The molecule has 75 heavy (non-hydrogen) atoms. The van der Waals surface area contributed by atoms with Crippen molar-refractivity contribution < 1.29 is 58.1 Å². The number of hydrogen-bond donors (Lipinski definition) is 11. The monoisotopic (exact) mass is 1040 g/mol. The minimum atomic E-state index is -1.27. The first-order valence-electron chi connectivity index (χ1n) is 24.9. The summed E-state index contributed by atoms with van der Waals surface area (Å²) in [6, 6.07) is 4.99. The lowest BCUT2D eigenvalue weighted by Crippen LogP contribution is -2.59. The summed E-state index contributed by atoms with van der Waals surface area (Å²) in [6.45, 7) is 4.00. The van der Waals surface area contributed by atoms with Crippen molar-refractivity contribution in [3.8, 4) is 5.75 Å². The Labute approximate surface area is 433 Å². The maximum atomic E-state index is 14.5. The first-order valence-corrected chi connectivity index (χ1v) is 24.9. The third-order valence-electron chi connectivity index (χ3n) is 13.2. The number of amides is 7. The van der Waals surface area contributed by atoms with E-state index in [-0.39, 0.29) is 94.0 Å². The second-order valence-electron chi connectivity index (χ2n) is 18.6. The number of H-pyrrole nitrogens is 1. The van der Waals surface area contributed by atoms with Crippen molar-refractivity contribution in [2.75, 3.05) is 32.1 Å². The molecule has 7 amide bonds. The summed E-state index contributed by atoms with van der Waals surface area (Å²) in [7, 11) is 1.28. The van der Waals surface area contributed by atoms with Crippen molar-refractivity contribution >= 4 is 64.9 Å². The fraction of sp³-hybridized carbons (Fsp3) is 0.500. The third kappa shape index (κ3) is 16.2. The number of para-hydroxylation sites is 1. The van der Waals surface area contributed by atoms with Crippen molar-refractivity contribution in [2.24, 2.45) is 28.1 Å². The van der Waals surface area contributed by atoms with Gasteiger partial charge in [0.25, 0.3) is 5.91 Å². The van der Waals surface area contributed by atoms with Gasteiger partial charge in [0.2, 0.25) is 35.4 Å². The molecule has 0 saturated carbocycles. The van der Waals surface area contributed by atoms with Gasteiger partial charge in [-0.25, -0.2) is 9.78 Å². The second kappa shape index (κ2) is 27.8. The van der Waals surface area contributed by atoms with Crippen LogP contribution in [0.3, 0.4) is 0 Å². The van der Waals surface area contributed by atoms with Crippen LogP contribution in [0.2, 0.25) is 0 Å². The molecule has 0 unspecified atom stereocenters. The van der Waals surface area contributed by atoms with Crippen LogP contribution in [0.4, 0.5) is 5.69 Å². The molecule has 2 aliphatic heterocycles. The number of nitrogens with one attached hydrogen (secondary N) is 6. The second-order valence-corrected chi connectivity index (χ2v) is 18.6. The van der Waals surface area contributed by atoms with Crippen LogP contribution in [0, 0.1) is 5.92 Å². The lowest BCUT2D eigenvalue weighted by Gasteiger charge is -2.31. The van der Waals surface area contributed by atoms with Crippen molar-refractivity contribution in [1.29, 1.82) is 0 Å². The summed E-state index contributed by atoms with van der Waals surface area (Å²) < 4.78 is 5.68. The smallest absolute Gasteiger partial charge is 0.326 e. The molecule has 406 valence electrons. The highest BCUT2D eigenvalue weighted by Crippen LogP contribution is 2.31. The molecule has 25 nitrogen and oxygen atoms in total. The van der Waals surface area contributed by atoms with E-state index >= 15 is 0 Å². The predicted molar refractivity (Wildman–Crippen MR) is 272 cm³/mol. The van der Waals surface area contributed by atoms with Crippen LogP contribution in [0.25, 0.3) is 0 Å². The van der Waals surface area contributed by atoms with Gasteiger partial charge in [0, 0.05) is 50.8 Å². The van der Waals surface area contributed by atoms with Gasteiger partial charge in [0.05, 0.1) is 30.7 Å². The number of aromatic nitrogens is 2. The molecule has 8 atom stereocenters. The lowest BCUT2D eigenvalue weighted by molar-refractivity contribution is -0.145. The summed E-state index contributed by atoms with van der Waals surface area (Å²) >= 11 is 0. The molecule has 5 rings (SSSR count). The van der Waals surface area contributed by atoms with Crippen LogP contribution in [0.1, 0.15) is 93.3 Å². The van der Waals surface area contributed by atoms with Gasteiger partial charge < -0.3 is 73.5 Å². The number of benzene rings is 2. The van der Waals surface area contributed by atoms with E-state index < -0.39 is 101 Å². The Morgan fingerprint density at radius 1 is 0.813 bits per heavy atom. The number of imidazole rings is 1. The number of rotatable bonds is 27. The maximum absolute atomic E-state index is 14.5. The van der Waals surface area contributed by atoms with Gasteiger partial charge in [-0.3, -0.25) is 43.3 Å². The zero-order chi connectivity index (χ0) is 54.8. The third-order valence-corrected chi connectivity index (χ3v) is 13.2. The number of carbonyl (C=O) groups excluding carboxylic acids is 7. The number of anilines is 1. The molecule has 25 heteroatoms. The van der Waals surface area contributed by atoms with E-state index in [1.165, 1.54) is 47.6 Å². The number of methoxy groups -OCH3 is 1. The molecule has 0 bridgehead atoms. The van der Waals surface area contributed by atoms with E-state index in [0.717, 1.165) is 0 Å². The van der Waals surface area contributed by atoms with E-state index in [0.29, 0.717) is 30.5 Å². The summed E-state index contributed by atoms with van der Waals surface area (Å²) in [6.07, 6.45) is 4.37. The Hall–Kier alpha value is -8.09. The first-order chi connectivity index (χ1) is 35.8. The summed E-state index contributed by atoms with van der Waals surface area (Å²) in [5.74, 6) is -7.83. The molecule has 3 aromatic rings. The molecular formula is C50H69N13O12. The minimum Gasteiger partial charge on any atom is -0.494 e. The molecule has 3 heterocycles. The van der Waals surface area contributed by atoms with Crippen LogP contribution < -0.4 is 48.5 Å². The Morgan fingerprint density at radius 3 is 2.07 bits per heavy atom. The highest BCUT2D eigenvalue weighted by atomic mass is 16.5. The molecule has 1 aromatic heterocycles. The average Bonchev–Trinajstić information content (AvgIpc) is 4.21. The Kier molecular flexibility index (Phi) is 21.4. The van der Waals surface area contributed by atoms with E-state index in [1.54, 1.807) is 37.3 Å². The highest BCUT2D eigenvalue weighted by molar-refractivity contribution is 6.05. The largest absolute Gasteiger partial charge is 0.494 e. The molecular weight excluding hydrogens is 975 g/mol. The lowest BCUT2D eigenvalue weighted by atomic mass is 9.96. The van der Waals surface area contributed by atoms with Crippen molar-refractivity contribution in [2.45, 2.75) is 127 Å². The number of aliphatic imine (C=N–C) groups is 1. The number of hydrogen-bond acceptors (Lipinski definition) is 13. The van der Waals surface area contributed by atoms with Gasteiger partial charge in [-0.2, -0.15) is 0 Å². The van der Waals surface area contributed by atoms with Crippen molar-refractivity contribution in [3.63, 3.8) is 0 Å². The Morgan fingerprint density at radius 2 is 1.47 bits per heavy atom. The van der Waals surface area contributed by atoms with Crippen LogP contribution >= 0.6 is 0 Å². The van der Waals surface area contributed by atoms with E-state index in [9.17, 15) is 48.3 Å². The Bertz CT molecular complexity index is 2520. The number of aliphatic carboxylic acids is 2. The predicted octanol–water partition coefficient (Wildman–Crippen LogP) is -0.247. The fourth-order valence-corrected chi connectivity index (χ4v) is 9.02. The van der Waals surface area contributed by atoms with Gasteiger partial charge >= 0.3 is 11.9 Å². The van der Waals surface area contributed by atoms with Crippen LogP contribution in [0.15, 0.2) is 66.0 Å². The first kappa shape index (κ1) is 57.8. The molecule has 0 radical (unpaired) electrons. The number of carbonyl (C=O) groups is 9. The van der Waals surface area contributed by atoms with E-state index in [4.69, 9.17) is 27.0 Å². The number of guanidine groups is 1. The zero-order valence-electron chi connectivity index (χ0n) is 42.3.